The number of anilines is 1. The van der Waals surface area contributed by atoms with Crippen molar-refractivity contribution in [2.45, 2.75) is 20.4 Å². The molecular formula is C13H18N4O. The molecule has 0 unspecified atom stereocenters. The van der Waals surface area contributed by atoms with Gasteiger partial charge in [0.25, 0.3) is 5.91 Å². The maximum atomic E-state index is 12.1. The molecule has 0 aliphatic rings. The molecule has 0 spiro atoms. The van der Waals surface area contributed by atoms with Gasteiger partial charge in [0.2, 0.25) is 0 Å². The number of amides is 1. The lowest BCUT2D eigenvalue weighted by Gasteiger charge is -2.11. The van der Waals surface area contributed by atoms with Crippen LogP contribution in [0.15, 0.2) is 30.6 Å². The predicted molar refractivity (Wildman–Crippen MR) is 70.4 cm³/mol. The molecule has 0 saturated carbocycles. The highest BCUT2D eigenvalue weighted by Crippen LogP contribution is 2.11. The summed E-state index contributed by atoms with van der Waals surface area (Å²) in [5.74, 6) is 1.10. The van der Waals surface area contributed by atoms with Crippen molar-refractivity contribution < 1.29 is 4.79 Å². The van der Waals surface area contributed by atoms with E-state index in [0.717, 1.165) is 12.4 Å². The number of nitrogens with zero attached hydrogens (tertiary/aromatic N) is 3. The Labute approximate surface area is 106 Å². The highest BCUT2D eigenvalue weighted by atomic mass is 16.2. The highest BCUT2D eigenvalue weighted by Gasteiger charge is 2.12. The Hall–Kier alpha value is -2.04. The van der Waals surface area contributed by atoms with Crippen molar-refractivity contribution in [1.82, 2.24) is 14.3 Å². The first-order valence-electron chi connectivity index (χ1n) is 6.02. The van der Waals surface area contributed by atoms with Gasteiger partial charge < -0.3 is 9.88 Å². The van der Waals surface area contributed by atoms with Gasteiger partial charge in [-0.1, -0.05) is 13.8 Å². The van der Waals surface area contributed by atoms with E-state index in [-0.39, 0.29) is 5.91 Å². The second-order valence-electron chi connectivity index (χ2n) is 4.75. The van der Waals surface area contributed by atoms with Crippen molar-refractivity contribution in [1.29, 1.82) is 0 Å². The number of hydrogen-bond acceptors (Lipinski definition) is 2. The van der Waals surface area contributed by atoms with E-state index in [0.29, 0.717) is 11.6 Å². The minimum Gasteiger partial charge on any atom is -0.347 e. The molecular weight excluding hydrogens is 228 g/mol. The van der Waals surface area contributed by atoms with Crippen LogP contribution >= 0.6 is 0 Å². The van der Waals surface area contributed by atoms with Gasteiger partial charge in [0.05, 0.1) is 6.20 Å². The molecule has 2 heterocycles. The van der Waals surface area contributed by atoms with Crippen LogP contribution in [-0.2, 0) is 13.6 Å². The molecule has 2 rings (SSSR count). The van der Waals surface area contributed by atoms with Gasteiger partial charge in [0.15, 0.2) is 0 Å². The van der Waals surface area contributed by atoms with Gasteiger partial charge in [0.1, 0.15) is 11.5 Å². The third-order valence-corrected chi connectivity index (χ3v) is 2.67. The van der Waals surface area contributed by atoms with Gasteiger partial charge in [-0.15, -0.1) is 0 Å². The van der Waals surface area contributed by atoms with Crippen LogP contribution in [0.3, 0.4) is 0 Å². The number of rotatable bonds is 4. The van der Waals surface area contributed by atoms with E-state index in [1.807, 2.05) is 30.1 Å². The minimum atomic E-state index is -0.118. The molecule has 0 bridgehead atoms. The number of hydrogen-bond donors (Lipinski definition) is 1. The molecule has 5 heteroatoms. The Morgan fingerprint density at radius 2 is 2.22 bits per heavy atom. The summed E-state index contributed by atoms with van der Waals surface area (Å²) in [7, 11) is 1.85. The Kier molecular flexibility index (Phi) is 3.50. The highest BCUT2D eigenvalue weighted by molar-refractivity contribution is 6.02. The van der Waals surface area contributed by atoms with Gasteiger partial charge in [0, 0.05) is 25.9 Å². The quantitative estimate of drug-likeness (QED) is 0.898. The van der Waals surface area contributed by atoms with Gasteiger partial charge >= 0.3 is 0 Å². The Morgan fingerprint density at radius 1 is 1.44 bits per heavy atom. The maximum absolute atomic E-state index is 12.1. The van der Waals surface area contributed by atoms with E-state index in [4.69, 9.17) is 0 Å². The second kappa shape index (κ2) is 5.08. The normalized spacial score (nSPS) is 10.9. The van der Waals surface area contributed by atoms with Gasteiger partial charge in [-0.25, -0.2) is 4.68 Å². The maximum Gasteiger partial charge on any atom is 0.273 e. The summed E-state index contributed by atoms with van der Waals surface area (Å²) < 4.78 is 3.60. The van der Waals surface area contributed by atoms with Crippen LogP contribution < -0.4 is 5.32 Å². The third kappa shape index (κ3) is 2.61. The van der Waals surface area contributed by atoms with E-state index in [1.54, 1.807) is 16.8 Å². The second-order valence-corrected chi connectivity index (χ2v) is 4.75. The smallest absolute Gasteiger partial charge is 0.273 e. The van der Waals surface area contributed by atoms with Crippen molar-refractivity contribution in [2.24, 2.45) is 13.0 Å². The molecule has 2 aromatic rings. The van der Waals surface area contributed by atoms with E-state index in [2.05, 4.69) is 24.3 Å². The molecule has 2 aromatic heterocycles. The first-order valence-corrected chi connectivity index (χ1v) is 6.02. The average molecular weight is 246 g/mol. The lowest BCUT2D eigenvalue weighted by Crippen LogP contribution is -2.19. The molecule has 0 radical (unpaired) electrons. The van der Waals surface area contributed by atoms with E-state index >= 15 is 0 Å². The number of aryl methyl sites for hydroxylation is 1. The molecule has 0 aromatic carbocycles. The van der Waals surface area contributed by atoms with Crippen molar-refractivity contribution >= 4 is 11.7 Å². The zero-order valence-corrected chi connectivity index (χ0v) is 10.9. The first-order chi connectivity index (χ1) is 8.58. The van der Waals surface area contributed by atoms with Crippen LogP contribution in [0.1, 0.15) is 24.3 Å². The Balaban J connectivity index is 2.13. The van der Waals surface area contributed by atoms with Crippen molar-refractivity contribution in [3.8, 4) is 0 Å². The molecule has 0 fully saturated rings. The third-order valence-electron chi connectivity index (χ3n) is 2.67. The lowest BCUT2D eigenvalue weighted by atomic mass is 10.2. The number of nitrogens with one attached hydrogen (secondary N) is 1. The number of carbonyl (C=O) groups excluding carboxylic acids is 1. The van der Waals surface area contributed by atoms with Gasteiger partial charge in [-0.05, 0) is 18.1 Å². The first kappa shape index (κ1) is 12.4. The van der Waals surface area contributed by atoms with Crippen molar-refractivity contribution in [2.75, 3.05) is 5.32 Å². The summed E-state index contributed by atoms with van der Waals surface area (Å²) in [5.41, 5.74) is 0.632. The summed E-state index contributed by atoms with van der Waals surface area (Å²) in [6.45, 7) is 5.02. The summed E-state index contributed by atoms with van der Waals surface area (Å²) >= 11 is 0. The fourth-order valence-corrected chi connectivity index (χ4v) is 1.81. The summed E-state index contributed by atoms with van der Waals surface area (Å²) in [4.78, 5) is 12.1. The average Bonchev–Trinajstić information content (AvgIpc) is 2.88. The van der Waals surface area contributed by atoms with E-state index in [1.165, 1.54) is 0 Å². The molecule has 0 aliphatic heterocycles. The van der Waals surface area contributed by atoms with Crippen LogP contribution in [0.25, 0.3) is 0 Å². The van der Waals surface area contributed by atoms with Crippen LogP contribution in [0, 0.1) is 5.92 Å². The molecule has 0 aliphatic carbocycles. The molecule has 0 atom stereocenters. The molecule has 1 amide bonds. The minimum absolute atomic E-state index is 0.118. The fourth-order valence-electron chi connectivity index (χ4n) is 1.81. The number of aromatic nitrogens is 3. The standard InChI is InChI=1S/C13H18N4O/c1-10(2)9-17-12(6-7-14-17)15-13(18)11-5-4-8-16(11)3/h4-8,10H,9H2,1-3H3,(H,15,18). The molecule has 0 saturated heterocycles. The van der Waals surface area contributed by atoms with Gasteiger partial charge in [-0.2, -0.15) is 5.10 Å². The summed E-state index contributed by atoms with van der Waals surface area (Å²) in [6, 6.07) is 5.45. The fraction of sp³-hybridized carbons (Fsp3) is 0.385. The molecule has 18 heavy (non-hydrogen) atoms. The summed E-state index contributed by atoms with van der Waals surface area (Å²) in [6.07, 6.45) is 3.54. The topological polar surface area (TPSA) is 51.9 Å². The van der Waals surface area contributed by atoms with Gasteiger partial charge in [-0.3, -0.25) is 4.79 Å². The van der Waals surface area contributed by atoms with Crippen LogP contribution in [0.2, 0.25) is 0 Å². The zero-order valence-electron chi connectivity index (χ0n) is 10.9. The largest absolute Gasteiger partial charge is 0.347 e. The molecule has 1 N–H and O–H groups in total. The SMILES string of the molecule is CC(C)Cn1nccc1NC(=O)c1cccn1C. The predicted octanol–water partition coefficient (Wildman–Crippen LogP) is 2.13. The van der Waals surface area contributed by atoms with Crippen LogP contribution in [-0.4, -0.2) is 20.3 Å². The van der Waals surface area contributed by atoms with Crippen LogP contribution in [0.5, 0.6) is 0 Å². The lowest BCUT2D eigenvalue weighted by molar-refractivity contribution is 0.101. The van der Waals surface area contributed by atoms with E-state index in [9.17, 15) is 4.79 Å². The van der Waals surface area contributed by atoms with E-state index < -0.39 is 0 Å². The summed E-state index contributed by atoms with van der Waals surface area (Å²) in [5, 5.41) is 7.09. The Morgan fingerprint density at radius 3 is 2.83 bits per heavy atom. The molecule has 96 valence electrons. The Bertz CT molecular complexity index is 539. The number of carbonyl (C=O) groups is 1. The monoisotopic (exact) mass is 246 g/mol. The van der Waals surface area contributed by atoms with Crippen molar-refractivity contribution in [3.05, 3.63) is 36.3 Å². The molecule has 5 nitrogen and oxygen atoms in total. The zero-order chi connectivity index (χ0) is 13.1. The van der Waals surface area contributed by atoms with Crippen LogP contribution in [0.4, 0.5) is 5.82 Å². The van der Waals surface area contributed by atoms with Crippen molar-refractivity contribution in [3.63, 3.8) is 0 Å².